The van der Waals surface area contributed by atoms with Crippen LogP contribution in [0.15, 0.2) is 42.5 Å². The van der Waals surface area contributed by atoms with Crippen molar-refractivity contribution in [2.24, 2.45) is 11.8 Å². The van der Waals surface area contributed by atoms with Crippen LogP contribution in [0.5, 0.6) is 11.8 Å². The average molecular weight is 644 g/mol. The van der Waals surface area contributed by atoms with E-state index in [2.05, 4.69) is 15.1 Å². The molecule has 4 aromatic rings. The summed E-state index contributed by atoms with van der Waals surface area (Å²) in [6.45, 7) is 4.69. The molecule has 240 valence electrons. The Morgan fingerprint density at radius 3 is 2.50 bits per heavy atom. The first-order valence-corrected chi connectivity index (χ1v) is 17.3. The van der Waals surface area contributed by atoms with Gasteiger partial charge in [-0.15, -0.1) is 0 Å². The molecule has 1 aliphatic carbocycles. The third kappa shape index (κ3) is 5.16. The van der Waals surface area contributed by atoms with E-state index in [9.17, 15) is 5.11 Å². The summed E-state index contributed by atoms with van der Waals surface area (Å²) in [6, 6.07) is 14.6. The van der Waals surface area contributed by atoms with Crippen molar-refractivity contribution in [1.82, 2.24) is 20.2 Å². The summed E-state index contributed by atoms with van der Waals surface area (Å²) < 4.78 is 29.3. The van der Waals surface area contributed by atoms with Crippen molar-refractivity contribution in [3.8, 4) is 22.9 Å². The number of aromatic nitrogens is 2. The van der Waals surface area contributed by atoms with Crippen molar-refractivity contribution < 1.29 is 19.0 Å². The average Bonchev–Trinajstić information content (AvgIpc) is 3.81. The number of benzene rings is 3. The molecule has 2 N–H and O–H groups in total. The van der Waals surface area contributed by atoms with Crippen molar-refractivity contribution in [3.63, 3.8) is 0 Å². The normalized spacial score (nSPS) is 26.7. The van der Waals surface area contributed by atoms with E-state index >= 15 is 4.39 Å². The molecule has 1 saturated carbocycles. The molecule has 5 fully saturated rings. The molecule has 0 radical (unpaired) electrons. The molecule has 3 aromatic carbocycles. The fourth-order valence-corrected chi connectivity index (χ4v) is 8.85. The second-order valence-electron chi connectivity index (χ2n) is 14.1. The molecule has 46 heavy (non-hydrogen) atoms. The zero-order valence-electron chi connectivity index (χ0n) is 25.8. The number of ether oxygens (including phenoxy) is 2. The fraction of sp³-hybridized carbons (Fsp3) is 0.500. The van der Waals surface area contributed by atoms with E-state index in [-0.39, 0.29) is 27.9 Å². The molecule has 4 bridgehead atoms. The number of rotatable bonds is 8. The first-order chi connectivity index (χ1) is 22.5. The zero-order valence-corrected chi connectivity index (χ0v) is 26.6. The van der Waals surface area contributed by atoms with E-state index < -0.39 is 5.82 Å². The second kappa shape index (κ2) is 11.5. The van der Waals surface area contributed by atoms with Gasteiger partial charge in [0.05, 0.1) is 24.8 Å². The monoisotopic (exact) mass is 643 g/mol. The first kappa shape index (κ1) is 28.9. The van der Waals surface area contributed by atoms with Crippen LogP contribution in [0.2, 0.25) is 5.02 Å². The van der Waals surface area contributed by atoms with Crippen LogP contribution in [0.25, 0.3) is 32.8 Å². The van der Waals surface area contributed by atoms with Crippen molar-refractivity contribution in [2.75, 3.05) is 44.4 Å². The summed E-state index contributed by atoms with van der Waals surface area (Å²) in [5.74, 6) is 1.18. The molecule has 5 atom stereocenters. The number of aromatic hydroxyl groups is 1. The second-order valence-corrected chi connectivity index (χ2v) is 14.5. The zero-order chi connectivity index (χ0) is 30.9. The molecular weight excluding hydrogens is 605 g/mol. The predicted octanol–water partition coefficient (Wildman–Crippen LogP) is 6.16. The van der Waals surface area contributed by atoms with E-state index in [1.54, 1.807) is 18.2 Å². The maximum Gasteiger partial charge on any atom is 0.319 e. The molecule has 8 nitrogen and oxygen atoms in total. The minimum atomic E-state index is -0.534. The molecule has 0 spiro atoms. The van der Waals surface area contributed by atoms with Crippen LogP contribution in [-0.2, 0) is 4.74 Å². The number of phenols is 1. The molecule has 4 unspecified atom stereocenters. The number of nitrogens with zero attached hydrogens (tertiary/aromatic N) is 4. The molecule has 0 amide bonds. The third-order valence-corrected chi connectivity index (χ3v) is 11.3. The maximum atomic E-state index is 16.9. The number of nitrogens with one attached hydrogen (secondary N) is 1. The van der Waals surface area contributed by atoms with E-state index in [0.29, 0.717) is 59.4 Å². The summed E-state index contributed by atoms with van der Waals surface area (Å²) in [6.07, 6.45) is 7.07. The van der Waals surface area contributed by atoms with Gasteiger partial charge in [0.15, 0.2) is 5.82 Å². The van der Waals surface area contributed by atoms with E-state index in [1.807, 2.05) is 24.3 Å². The molecule has 10 heteroatoms. The van der Waals surface area contributed by atoms with Crippen molar-refractivity contribution in [1.29, 1.82) is 0 Å². The van der Waals surface area contributed by atoms with E-state index in [0.717, 1.165) is 56.5 Å². The summed E-state index contributed by atoms with van der Waals surface area (Å²) in [4.78, 5) is 14.6. The highest BCUT2D eigenvalue weighted by atomic mass is 35.5. The molecule has 5 heterocycles. The SMILES string of the molecule is Oc1cc(-c2c(Cl)cc3c(N4CC5CCC(C4)N5)nc(OC[C@H](CN4C5CCC4COC5)C4CC4)nc3c2F)c2ccccc2c1. The van der Waals surface area contributed by atoms with Gasteiger partial charge in [-0.2, -0.15) is 9.97 Å². The Morgan fingerprint density at radius 2 is 1.74 bits per heavy atom. The quantitative estimate of drug-likeness (QED) is 0.236. The van der Waals surface area contributed by atoms with Crippen LogP contribution in [0.1, 0.15) is 38.5 Å². The van der Waals surface area contributed by atoms with Crippen molar-refractivity contribution >= 4 is 39.1 Å². The van der Waals surface area contributed by atoms with Crippen LogP contribution in [0.4, 0.5) is 10.2 Å². The minimum Gasteiger partial charge on any atom is -0.508 e. The van der Waals surface area contributed by atoms with Gasteiger partial charge in [-0.25, -0.2) is 4.39 Å². The lowest BCUT2D eigenvalue weighted by atomic mass is 9.96. The van der Waals surface area contributed by atoms with Crippen LogP contribution >= 0.6 is 11.6 Å². The number of anilines is 1. The van der Waals surface area contributed by atoms with Gasteiger partial charge in [0.2, 0.25) is 0 Å². The van der Waals surface area contributed by atoms with Crippen LogP contribution in [0.3, 0.4) is 0 Å². The molecule has 4 aliphatic heterocycles. The van der Waals surface area contributed by atoms with Gasteiger partial charge in [-0.3, -0.25) is 4.90 Å². The highest BCUT2D eigenvalue weighted by Crippen LogP contribution is 2.44. The number of halogens is 2. The van der Waals surface area contributed by atoms with Crippen LogP contribution in [-0.4, -0.2) is 83.6 Å². The topological polar surface area (TPSA) is 83.0 Å². The van der Waals surface area contributed by atoms with Crippen molar-refractivity contribution in [3.05, 3.63) is 53.3 Å². The molecule has 9 rings (SSSR count). The lowest BCUT2D eigenvalue weighted by Gasteiger charge is -2.37. The number of phenolic OH excluding ortho intramolecular Hbond substituents is 1. The Hall–Kier alpha value is -3.24. The molecule has 4 saturated heterocycles. The minimum absolute atomic E-state index is 0.0489. The Labute approximate surface area is 272 Å². The first-order valence-electron chi connectivity index (χ1n) is 16.9. The smallest absolute Gasteiger partial charge is 0.319 e. The van der Waals surface area contributed by atoms with Gasteiger partial charge in [0.1, 0.15) is 17.1 Å². The Morgan fingerprint density at radius 1 is 0.978 bits per heavy atom. The lowest BCUT2D eigenvalue weighted by Crippen LogP contribution is -2.51. The standard InChI is InChI=1S/C36H39ClFN5O3/c37-31-13-30-34(33(38)32(31)29-12-27(44)11-21-3-1-2-4-28(21)29)40-36(41-35(30)42-15-23-7-8-24(16-42)39-23)46-17-22(20-5-6-20)14-43-25-9-10-26(43)19-45-18-25/h1-4,11-13,20,22-26,39,44H,5-10,14-19H2/t22-,23?,24?,25?,26?/m0/s1. The largest absolute Gasteiger partial charge is 0.508 e. The van der Waals surface area contributed by atoms with Gasteiger partial charge in [-0.05, 0) is 79.0 Å². The Bertz CT molecular complexity index is 1790. The summed E-state index contributed by atoms with van der Waals surface area (Å²) in [5.41, 5.74) is 0.930. The number of fused-ring (bicyclic) bond motifs is 6. The maximum absolute atomic E-state index is 16.9. The third-order valence-electron chi connectivity index (χ3n) is 11.0. The molecular formula is C36H39ClFN5O3. The number of morpholine rings is 1. The van der Waals surface area contributed by atoms with Gasteiger partial charge >= 0.3 is 6.01 Å². The Kier molecular flexibility index (Phi) is 7.22. The van der Waals surface area contributed by atoms with E-state index in [4.69, 9.17) is 31.0 Å². The molecule has 5 aliphatic rings. The van der Waals surface area contributed by atoms with Gasteiger partial charge in [-0.1, -0.05) is 35.9 Å². The number of hydrogen-bond donors (Lipinski definition) is 2. The number of piperazine rings is 1. The predicted molar refractivity (Wildman–Crippen MR) is 177 cm³/mol. The summed E-state index contributed by atoms with van der Waals surface area (Å²) >= 11 is 6.93. The van der Waals surface area contributed by atoms with Crippen molar-refractivity contribution in [2.45, 2.75) is 62.7 Å². The lowest BCUT2D eigenvalue weighted by molar-refractivity contribution is -0.0261. The summed E-state index contributed by atoms with van der Waals surface area (Å²) in [7, 11) is 0. The van der Waals surface area contributed by atoms with Gasteiger partial charge in [0, 0.05) is 60.7 Å². The number of hydrogen-bond acceptors (Lipinski definition) is 8. The highest BCUT2D eigenvalue weighted by Gasteiger charge is 2.42. The summed E-state index contributed by atoms with van der Waals surface area (Å²) in [5, 5.41) is 16.7. The van der Waals surface area contributed by atoms with Crippen LogP contribution in [0, 0.1) is 17.7 Å². The van der Waals surface area contributed by atoms with Gasteiger partial charge in [0.25, 0.3) is 0 Å². The van der Waals surface area contributed by atoms with E-state index in [1.165, 1.54) is 25.7 Å². The highest BCUT2D eigenvalue weighted by molar-refractivity contribution is 6.35. The van der Waals surface area contributed by atoms with Crippen LogP contribution < -0.4 is 15.0 Å². The molecule has 1 aromatic heterocycles. The fourth-order valence-electron chi connectivity index (χ4n) is 8.55. The Balaban J connectivity index is 1.11. The van der Waals surface area contributed by atoms with Gasteiger partial charge < -0.3 is 24.8 Å².